The van der Waals surface area contributed by atoms with Gasteiger partial charge in [-0.1, -0.05) is 19.3 Å². The van der Waals surface area contributed by atoms with Gasteiger partial charge in [-0.25, -0.2) is 8.42 Å². The largest absolute Gasteiger partial charge is 0.497 e. The van der Waals surface area contributed by atoms with Crippen LogP contribution < -0.4 is 19.5 Å². The third kappa shape index (κ3) is 4.79. The molecule has 0 amide bonds. The molecule has 2 N–H and O–H groups in total. The summed E-state index contributed by atoms with van der Waals surface area (Å²) in [5, 5.41) is 11.4. The summed E-state index contributed by atoms with van der Waals surface area (Å²) in [5.41, 5.74) is 0. The van der Waals surface area contributed by atoms with Crippen molar-refractivity contribution < 1.29 is 17.9 Å². The molecule has 8 nitrogen and oxygen atoms in total. The highest BCUT2D eigenvalue weighted by atomic mass is 32.2. The average Bonchev–Trinajstić information content (AvgIpc) is 2.69. The van der Waals surface area contributed by atoms with E-state index in [4.69, 9.17) is 9.47 Å². The summed E-state index contributed by atoms with van der Waals surface area (Å²) in [5.74, 6) is 1.40. The lowest BCUT2D eigenvalue weighted by molar-refractivity contribution is 0.392. The zero-order valence-corrected chi connectivity index (χ0v) is 16.3. The zero-order chi connectivity index (χ0) is 19.3. The van der Waals surface area contributed by atoms with E-state index in [1.54, 1.807) is 18.2 Å². The number of hydrogen-bond acceptors (Lipinski definition) is 7. The van der Waals surface area contributed by atoms with Gasteiger partial charge in [0.25, 0.3) is 10.0 Å². The van der Waals surface area contributed by atoms with Crippen LogP contribution in [0.15, 0.2) is 35.2 Å². The van der Waals surface area contributed by atoms with Gasteiger partial charge in [-0.05, 0) is 37.1 Å². The summed E-state index contributed by atoms with van der Waals surface area (Å²) in [6.45, 7) is 0. The third-order valence-electron chi connectivity index (χ3n) is 4.52. The van der Waals surface area contributed by atoms with Crippen molar-refractivity contribution in [2.45, 2.75) is 43.0 Å². The number of anilines is 2. The van der Waals surface area contributed by atoms with Gasteiger partial charge in [-0.3, -0.25) is 4.72 Å². The van der Waals surface area contributed by atoms with Crippen molar-refractivity contribution in [3.05, 3.63) is 30.3 Å². The zero-order valence-electron chi connectivity index (χ0n) is 15.4. The van der Waals surface area contributed by atoms with E-state index in [1.165, 1.54) is 45.6 Å². The molecule has 0 radical (unpaired) electrons. The van der Waals surface area contributed by atoms with Crippen LogP contribution in [-0.2, 0) is 10.0 Å². The van der Waals surface area contributed by atoms with E-state index in [2.05, 4.69) is 20.2 Å². The van der Waals surface area contributed by atoms with Crippen LogP contribution in [-0.4, -0.2) is 38.9 Å². The molecule has 1 saturated carbocycles. The van der Waals surface area contributed by atoms with E-state index in [1.807, 2.05) is 0 Å². The van der Waals surface area contributed by atoms with Crippen LogP contribution in [0, 0.1) is 0 Å². The quantitative estimate of drug-likeness (QED) is 0.746. The smallest absolute Gasteiger partial charge is 0.266 e. The summed E-state index contributed by atoms with van der Waals surface area (Å²) in [6, 6.07) is 8.27. The average molecular weight is 392 g/mol. The summed E-state index contributed by atoms with van der Waals surface area (Å²) < 4.78 is 38.1. The second-order valence-electron chi connectivity index (χ2n) is 6.41. The molecule has 1 aromatic carbocycles. The first-order valence-corrected chi connectivity index (χ1v) is 10.4. The summed E-state index contributed by atoms with van der Waals surface area (Å²) in [7, 11) is -1.03. The summed E-state index contributed by atoms with van der Waals surface area (Å²) >= 11 is 0. The van der Waals surface area contributed by atoms with Crippen LogP contribution in [0.4, 0.5) is 11.6 Å². The Hall–Kier alpha value is -2.55. The molecule has 146 valence electrons. The SMILES string of the molecule is COc1ccc(OC)c(S(=O)(=O)Nc2ccc(NC3CCCCC3)nn2)c1. The van der Waals surface area contributed by atoms with Gasteiger partial charge < -0.3 is 14.8 Å². The second kappa shape index (κ2) is 8.43. The van der Waals surface area contributed by atoms with Gasteiger partial charge in [0.2, 0.25) is 0 Å². The monoisotopic (exact) mass is 392 g/mol. The number of nitrogens with one attached hydrogen (secondary N) is 2. The Balaban J connectivity index is 1.74. The Labute approximate surface area is 159 Å². The van der Waals surface area contributed by atoms with E-state index in [0.717, 1.165) is 12.8 Å². The number of nitrogens with zero attached hydrogens (tertiary/aromatic N) is 2. The molecule has 27 heavy (non-hydrogen) atoms. The first-order chi connectivity index (χ1) is 13.0. The maximum Gasteiger partial charge on any atom is 0.266 e. The Morgan fingerprint density at radius 3 is 2.30 bits per heavy atom. The first-order valence-electron chi connectivity index (χ1n) is 8.87. The fourth-order valence-corrected chi connectivity index (χ4v) is 4.29. The fraction of sp³-hybridized carbons (Fsp3) is 0.444. The Morgan fingerprint density at radius 1 is 0.963 bits per heavy atom. The molecular weight excluding hydrogens is 368 g/mol. The lowest BCUT2D eigenvalue weighted by Gasteiger charge is -2.22. The predicted octanol–water partition coefficient (Wildman–Crippen LogP) is 3.04. The lowest BCUT2D eigenvalue weighted by Crippen LogP contribution is -2.23. The predicted molar refractivity (Wildman–Crippen MR) is 103 cm³/mol. The van der Waals surface area contributed by atoms with Crippen molar-refractivity contribution >= 4 is 21.7 Å². The molecule has 3 rings (SSSR count). The van der Waals surface area contributed by atoms with Gasteiger partial charge in [0, 0.05) is 12.1 Å². The number of benzene rings is 1. The number of ether oxygens (including phenoxy) is 2. The highest BCUT2D eigenvalue weighted by Crippen LogP contribution is 2.29. The van der Waals surface area contributed by atoms with Crippen molar-refractivity contribution in [1.29, 1.82) is 0 Å². The standard InChI is InChI=1S/C18H24N4O4S/c1-25-14-8-9-15(26-2)16(12-14)27(23,24)22-18-11-10-17(20-21-18)19-13-6-4-3-5-7-13/h8-13H,3-7H2,1-2H3,(H,19,20)(H,21,22). The van der Waals surface area contributed by atoms with Crippen molar-refractivity contribution in [2.24, 2.45) is 0 Å². The van der Waals surface area contributed by atoms with Gasteiger partial charge in [0.15, 0.2) is 5.82 Å². The number of rotatable bonds is 7. The van der Waals surface area contributed by atoms with Crippen LogP contribution in [0.3, 0.4) is 0 Å². The molecule has 1 heterocycles. The number of hydrogen-bond donors (Lipinski definition) is 2. The molecule has 0 aliphatic heterocycles. The van der Waals surface area contributed by atoms with Gasteiger partial charge in [-0.2, -0.15) is 0 Å². The molecule has 0 atom stereocenters. The Kier molecular flexibility index (Phi) is 6.00. The molecule has 0 saturated heterocycles. The Morgan fingerprint density at radius 2 is 1.67 bits per heavy atom. The van der Waals surface area contributed by atoms with Gasteiger partial charge in [0.1, 0.15) is 22.2 Å². The molecule has 1 aromatic heterocycles. The Bertz CT molecular complexity index is 865. The maximum atomic E-state index is 12.7. The van der Waals surface area contributed by atoms with E-state index in [0.29, 0.717) is 17.6 Å². The number of methoxy groups -OCH3 is 2. The third-order valence-corrected chi connectivity index (χ3v) is 5.90. The van der Waals surface area contributed by atoms with Crippen LogP contribution >= 0.6 is 0 Å². The number of sulfonamides is 1. The maximum absolute atomic E-state index is 12.7. The molecule has 2 aromatic rings. The van der Waals surface area contributed by atoms with Crippen molar-refractivity contribution in [1.82, 2.24) is 10.2 Å². The molecule has 0 bridgehead atoms. The minimum Gasteiger partial charge on any atom is -0.497 e. The molecule has 0 unspecified atom stereocenters. The molecular formula is C18H24N4O4S. The van der Waals surface area contributed by atoms with Crippen molar-refractivity contribution in [3.63, 3.8) is 0 Å². The molecule has 1 fully saturated rings. The topological polar surface area (TPSA) is 102 Å². The minimum absolute atomic E-state index is 0.0319. The molecule has 1 aliphatic rings. The van der Waals surface area contributed by atoms with E-state index < -0.39 is 10.0 Å². The second-order valence-corrected chi connectivity index (χ2v) is 8.06. The highest BCUT2D eigenvalue weighted by molar-refractivity contribution is 7.92. The van der Waals surface area contributed by atoms with Gasteiger partial charge in [-0.15, -0.1) is 10.2 Å². The van der Waals surface area contributed by atoms with Gasteiger partial charge in [0.05, 0.1) is 14.2 Å². The molecule has 9 heteroatoms. The van der Waals surface area contributed by atoms with Crippen LogP contribution in [0.5, 0.6) is 11.5 Å². The highest BCUT2D eigenvalue weighted by Gasteiger charge is 2.21. The first kappa shape index (κ1) is 19.2. The molecule has 1 aliphatic carbocycles. The van der Waals surface area contributed by atoms with Crippen molar-refractivity contribution in [3.8, 4) is 11.5 Å². The molecule has 0 spiro atoms. The van der Waals surface area contributed by atoms with E-state index in [-0.39, 0.29) is 16.5 Å². The van der Waals surface area contributed by atoms with E-state index in [9.17, 15) is 8.42 Å². The van der Waals surface area contributed by atoms with Gasteiger partial charge >= 0.3 is 0 Å². The van der Waals surface area contributed by atoms with Crippen LogP contribution in [0.25, 0.3) is 0 Å². The fourth-order valence-electron chi connectivity index (χ4n) is 3.11. The van der Waals surface area contributed by atoms with E-state index >= 15 is 0 Å². The van der Waals surface area contributed by atoms with Crippen LogP contribution in [0.2, 0.25) is 0 Å². The minimum atomic E-state index is -3.91. The lowest BCUT2D eigenvalue weighted by atomic mass is 9.95. The normalized spacial score (nSPS) is 15.2. The summed E-state index contributed by atoms with van der Waals surface area (Å²) in [6.07, 6.45) is 5.94. The van der Waals surface area contributed by atoms with Crippen LogP contribution in [0.1, 0.15) is 32.1 Å². The van der Waals surface area contributed by atoms with Crippen molar-refractivity contribution in [2.75, 3.05) is 24.3 Å². The number of aromatic nitrogens is 2. The summed E-state index contributed by atoms with van der Waals surface area (Å²) in [4.78, 5) is -0.0319.